The Morgan fingerprint density at radius 1 is 1.02 bits per heavy atom. The van der Waals surface area contributed by atoms with Crippen LogP contribution in [0.25, 0.3) is 10.9 Å². The minimum atomic E-state index is 0.0817. The Morgan fingerprint density at radius 3 is 2.05 bits per heavy atom. The summed E-state index contributed by atoms with van der Waals surface area (Å²) in [5.74, 6) is 0.0817. The second kappa shape index (κ2) is 21.8. The lowest BCUT2D eigenvalue weighted by molar-refractivity contribution is -0.412. The van der Waals surface area contributed by atoms with Crippen LogP contribution in [0.2, 0.25) is 0 Å². The van der Waals surface area contributed by atoms with Gasteiger partial charge in [-0.05, 0) is 64.8 Å². The van der Waals surface area contributed by atoms with Gasteiger partial charge < -0.3 is 4.98 Å². The molecule has 1 aromatic carbocycles. The molecule has 0 unspecified atom stereocenters. The summed E-state index contributed by atoms with van der Waals surface area (Å²) in [6, 6.07) is 6.12. The quantitative estimate of drug-likeness (QED) is 0.146. The molecule has 5 heteroatoms. The van der Waals surface area contributed by atoms with Crippen LogP contribution >= 0.6 is 0 Å². The second-order valence-electron chi connectivity index (χ2n) is 8.84. The van der Waals surface area contributed by atoms with E-state index in [1.54, 1.807) is 29.9 Å². The maximum atomic E-state index is 11.2. The molecule has 40 heavy (non-hydrogen) atoms. The number of nitrogens with one attached hydrogen (secondary N) is 1. The third-order valence-electron chi connectivity index (χ3n) is 4.98. The van der Waals surface area contributed by atoms with Crippen LogP contribution < -0.4 is 0 Å². The number of carbonyl (C=O) groups excluding carboxylic acids is 1. The standard InChI is InChI=1S/C13H18N2.C12H13NO.C8H14N.C2H6/c1-6-9-13(15-11(4)5)12(8-3)14-10-7-2;1-7-4-8(2)12-10(5-7)6-11(13-12)9(3)14;1-5-8(6-2)7-9(3)4;1-2/h6-10H,1-2H2,3-5H3;4-6,13H,1-3H3;5,7H,1,3,6H2,2,4H3;1-2H3/q;;+1;/b12-8-,13-9-,14-10?;;8-7+;. The highest BCUT2D eigenvalue weighted by molar-refractivity contribution is 5.98. The molecule has 0 aliphatic rings. The molecule has 1 heterocycles. The second-order valence-corrected chi connectivity index (χ2v) is 8.84. The topological polar surface area (TPSA) is 60.6 Å². The first kappa shape index (κ1) is 38.0. The Bertz CT molecular complexity index is 1290. The van der Waals surface area contributed by atoms with Crippen molar-refractivity contribution in [2.75, 3.05) is 7.05 Å². The lowest BCUT2D eigenvalue weighted by Crippen LogP contribution is -1.91. The molecule has 0 atom stereocenters. The molecule has 0 amide bonds. The zero-order valence-corrected chi connectivity index (χ0v) is 26.6. The van der Waals surface area contributed by atoms with Gasteiger partial charge in [0, 0.05) is 35.3 Å². The van der Waals surface area contributed by atoms with Crippen molar-refractivity contribution in [3.05, 3.63) is 108 Å². The van der Waals surface area contributed by atoms with Crippen LogP contribution in [-0.4, -0.2) is 41.0 Å². The van der Waals surface area contributed by atoms with E-state index in [4.69, 9.17) is 0 Å². The molecule has 2 rings (SSSR count). The highest BCUT2D eigenvalue weighted by Crippen LogP contribution is 2.21. The van der Waals surface area contributed by atoms with Crippen molar-refractivity contribution >= 4 is 35.3 Å². The van der Waals surface area contributed by atoms with E-state index in [2.05, 4.69) is 74.3 Å². The monoisotopic (exact) mass is 543 g/mol. The summed E-state index contributed by atoms with van der Waals surface area (Å²) in [6.07, 6.45) is 13.6. The van der Waals surface area contributed by atoms with Crippen molar-refractivity contribution in [3.63, 3.8) is 0 Å². The number of hydrogen-bond acceptors (Lipinski definition) is 3. The first-order valence-electron chi connectivity index (χ1n) is 13.6. The Labute approximate surface area is 243 Å². The van der Waals surface area contributed by atoms with E-state index in [1.165, 1.54) is 16.7 Å². The highest BCUT2D eigenvalue weighted by atomic mass is 16.1. The number of ketones is 1. The molecule has 0 saturated carbocycles. The number of aromatic amines is 1. The van der Waals surface area contributed by atoms with Gasteiger partial charge in [0.05, 0.1) is 17.1 Å². The van der Waals surface area contributed by atoms with E-state index in [9.17, 15) is 4.79 Å². The maximum absolute atomic E-state index is 11.2. The van der Waals surface area contributed by atoms with Crippen LogP contribution in [0.5, 0.6) is 0 Å². The molecule has 0 bridgehead atoms. The van der Waals surface area contributed by atoms with Gasteiger partial charge in [-0.2, -0.15) is 0 Å². The predicted molar refractivity (Wildman–Crippen MR) is 181 cm³/mol. The zero-order chi connectivity index (χ0) is 31.3. The van der Waals surface area contributed by atoms with Gasteiger partial charge in [0.1, 0.15) is 13.8 Å². The van der Waals surface area contributed by atoms with E-state index >= 15 is 0 Å². The largest absolute Gasteiger partial charge is 0.352 e. The Morgan fingerprint density at radius 2 is 1.65 bits per heavy atom. The molecular formula is C35H51N4O+. The van der Waals surface area contributed by atoms with Gasteiger partial charge >= 0.3 is 0 Å². The molecule has 1 N–H and O–H groups in total. The summed E-state index contributed by atoms with van der Waals surface area (Å²) in [5, 5.41) is 1.12. The van der Waals surface area contributed by atoms with E-state index in [-0.39, 0.29) is 5.78 Å². The summed E-state index contributed by atoms with van der Waals surface area (Å²) in [5.41, 5.74) is 8.00. The Balaban J connectivity index is 0. The molecule has 2 aromatic rings. The number of Topliss-reactive ketones (excluding diaryl/α,β-unsaturated/α-hetero) is 1. The first-order valence-corrected chi connectivity index (χ1v) is 13.6. The first-order chi connectivity index (χ1) is 18.9. The molecule has 0 radical (unpaired) electrons. The van der Waals surface area contributed by atoms with Crippen molar-refractivity contribution in [1.29, 1.82) is 0 Å². The summed E-state index contributed by atoms with van der Waals surface area (Å²) < 4.78 is 1.78. The van der Waals surface area contributed by atoms with E-state index in [1.807, 2.05) is 72.2 Å². The number of benzene rings is 1. The predicted octanol–water partition coefficient (Wildman–Crippen LogP) is 9.52. The number of aromatic nitrogens is 1. The summed E-state index contributed by atoms with van der Waals surface area (Å²) in [4.78, 5) is 22.9. The number of hydrogen-bond donors (Lipinski definition) is 1. The van der Waals surface area contributed by atoms with Crippen molar-refractivity contribution in [2.24, 2.45) is 9.98 Å². The van der Waals surface area contributed by atoms with Crippen LogP contribution in [0.4, 0.5) is 0 Å². The Kier molecular flexibility index (Phi) is 20.7. The fourth-order valence-electron chi connectivity index (χ4n) is 3.33. The van der Waals surface area contributed by atoms with Crippen molar-refractivity contribution in [2.45, 2.75) is 68.7 Å². The smallest absolute Gasteiger partial charge is 0.175 e. The third kappa shape index (κ3) is 15.3. The van der Waals surface area contributed by atoms with Gasteiger partial charge in [-0.3, -0.25) is 14.8 Å². The fraction of sp³-hybridized carbons (Fsp3) is 0.314. The number of allylic oxidation sites excluding steroid dienone is 6. The van der Waals surface area contributed by atoms with Crippen LogP contribution in [0.1, 0.15) is 76.5 Å². The minimum Gasteiger partial charge on any atom is -0.352 e. The molecule has 0 saturated heterocycles. The number of rotatable bonds is 9. The molecule has 0 aliphatic heterocycles. The zero-order valence-electron chi connectivity index (χ0n) is 26.6. The van der Waals surface area contributed by atoms with Gasteiger partial charge in [0.25, 0.3) is 0 Å². The number of aryl methyl sites for hydroxylation is 2. The average molecular weight is 544 g/mol. The van der Waals surface area contributed by atoms with Crippen molar-refractivity contribution in [3.8, 4) is 0 Å². The molecule has 1 aromatic heterocycles. The van der Waals surface area contributed by atoms with Gasteiger partial charge in [-0.25, -0.2) is 4.58 Å². The van der Waals surface area contributed by atoms with Crippen molar-refractivity contribution in [1.82, 2.24) is 4.98 Å². The Hall–Kier alpha value is -4.12. The molecule has 0 fully saturated rings. The lowest BCUT2D eigenvalue weighted by Gasteiger charge is -2.01. The third-order valence-corrected chi connectivity index (χ3v) is 4.98. The fourth-order valence-corrected chi connectivity index (χ4v) is 3.33. The molecule has 0 spiro atoms. The highest BCUT2D eigenvalue weighted by Gasteiger charge is 2.06. The van der Waals surface area contributed by atoms with Gasteiger partial charge in [0.15, 0.2) is 12.0 Å². The van der Waals surface area contributed by atoms with Crippen LogP contribution in [0.15, 0.2) is 101 Å². The van der Waals surface area contributed by atoms with E-state index < -0.39 is 0 Å². The maximum Gasteiger partial charge on any atom is 0.175 e. The van der Waals surface area contributed by atoms with Gasteiger partial charge in [-0.15, -0.1) is 0 Å². The molecule has 0 aliphatic carbocycles. The average Bonchev–Trinajstić information content (AvgIpc) is 3.34. The summed E-state index contributed by atoms with van der Waals surface area (Å²) >= 11 is 0. The summed E-state index contributed by atoms with van der Waals surface area (Å²) in [6.45, 7) is 32.2. The number of fused-ring (bicyclic) bond motifs is 1. The van der Waals surface area contributed by atoms with Gasteiger partial charge in [-0.1, -0.05) is 76.4 Å². The number of nitrogens with zero attached hydrogens (tertiary/aromatic N) is 3. The van der Waals surface area contributed by atoms with Crippen molar-refractivity contribution < 1.29 is 9.37 Å². The SMILES string of the molecule is C=C/C(=C\[N+](=C)C)CC.C=CC=NC(=C\C)/C(=C/C=C)N=C(C)C.CC.CC(=O)c1cc2cc(C)cc(C)c2[nH]1. The number of aliphatic imine (C=N–C) groups is 2. The molecule has 216 valence electrons. The molecular weight excluding hydrogens is 492 g/mol. The van der Waals surface area contributed by atoms with Gasteiger partial charge in [0.2, 0.25) is 0 Å². The summed E-state index contributed by atoms with van der Waals surface area (Å²) in [7, 11) is 1.90. The number of H-pyrrole nitrogens is 1. The van der Waals surface area contributed by atoms with E-state index in [0.717, 1.165) is 34.4 Å². The minimum absolute atomic E-state index is 0.0817. The normalized spacial score (nSPS) is 11.2. The molecule has 5 nitrogen and oxygen atoms in total. The van der Waals surface area contributed by atoms with Crippen LogP contribution in [0.3, 0.4) is 0 Å². The lowest BCUT2D eigenvalue weighted by atomic mass is 10.1. The van der Waals surface area contributed by atoms with Crippen LogP contribution in [-0.2, 0) is 0 Å². The van der Waals surface area contributed by atoms with Crippen LogP contribution in [0, 0.1) is 13.8 Å². The number of carbonyl (C=O) groups is 1. The van der Waals surface area contributed by atoms with E-state index in [0.29, 0.717) is 5.69 Å².